The third kappa shape index (κ3) is 3.83. The molecule has 1 fully saturated rings. The Balaban J connectivity index is 2.07. The minimum atomic E-state index is -0.899. The molecule has 1 saturated carbocycles. The summed E-state index contributed by atoms with van der Waals surface area (Å²) in [6.45, 7) is 6.95. The van der Waals surface area contributed by atoms with Crippen molar-refractivity contribution >= 4 is 23.3 Å². The summed E-state index contributed by atoms with van der Waals surface area (Å²) in [6.07, 6.45) is 2.98. The molecule has 5 heteroatoms. The van der Waals surface area contributed by atoms with Crippen molar-refractivity contribution in [1.29, 1.82) is 0 Å². The van der Waals surface area contributed by atoms with Crippen molar-refractivity contribution in [3.63, 3.8) is 0 Å². The predicted octanol–water partition coefficient (Wildman–Crippen LogP) is 3.26. The van der Waals surface area contributed by atoms with E-state index >= 15 is 0 Å². The Bertz CT molecular complexity index is 612. The van der Waals surface area contributed by atoms with Crippen LogP contribution in [0, 0.1) is 5.41 Å². The fraction of sp³-hybridized carbons (Fsp3) is 0.526. The number of hydrogen-bond donors (Lipinski definition) is 1. The first-order valence-corrected chi connectivity index (χ1v) is 8.66. The zero-order chi connectivity index (χ0) is 17.7. The van der Waals surface area contributed by atoms with Gasteiger partial charge in [0.15, 0.2) is 5.78 Å². The number of carbonyl (C=O) groups excluding carboxylic acids is 3. The van der Waals surface area contributed by atoms with Crippen LogP contribution in [0.1, 0.15) is 56.8 Å². The van der Waals surface area contributed by atoms with Gasteiger partial charge in [0.2, 0.25) is 11.8 Å². The number of anilines is 1. The average Bonchev–Trinajstić information content (AvgIpc) is 3.36. The van der Waals surface area contributed by atoms with Gasteiger partial charge in [0, 0.05) is 24.3 Å². The van der Waals surface area contributed by atoms with Gasteiger partial charge in [-0.25, -0.2) is 0 Å². The number of hydrogen-bond acceptors (Lipinski definition) is 3. The van der Waals surface area contributed by atoms with E-state index in [1.165, 1.54) is 6.92 Å². The van der Waals surface area contributed by atoms with Gasteiger partial charge < -0.3 is 10.2 Å². The molecule has 0 radical (unpaired) electrons. The Hall–Kier alpha value is -2.17. The minimum Gasteiger partial charge on any atom is -0.342 e. The van der Waals surface area contributed by atoms with Gasteiger partial charge in [-0.15, -0.1) is 0 Å². The summed E-state index contributed by atoms with van der Waals surface area (Å²) in [5.74, 6) is -0.305. The highest BCUT2D eigenvalue weighted by atomic mass is 16.2. The van der Waals surface area contributed by atoms with Gasteiger partial charge in [-0.1, -0.05) is 13.8 Å². The lowest BCUT2D eigenvalue weighted by molar-refractivity contribution is -0.142. The van der Waals surface area contributed by atoms with Crippen LogP contribution in [0.15, 0.2) is 24.3 Å². The molecule has 2 rings (SSSR count). The van der Waals surface area contributed by atoms with Crippen LogP contribution in [0.2, 0.25) is 0 Å². The highest BCUT2D eigenvalue weighted by molar-refractivity contribution is 6.13. The van der Waals surface area contributed by atoms with Gasteiger partial charge in [-0.3, -0.25) is 14.4 Å². The molecule has 0 aliphatic heterocycles. The van der Waals surface area contributed by atoms with E-state index in [1.807, 2.05) is 18.7 Å². The molecule has 0 spiro atoms. The Kier molecular flexibility index (Phi) is 5.75. The predicted molar refractivity (Wildman–Crippen MR) is 93.9 cm³/mol. The van der Waals surface area contributed by atoms with Crippen molar-refractivity contribution in [1.82, 2.24) is 4.90 Å². The second-order valence-corrected chi connectivity index (χ2v) is 6.46. The molecule has 1 N–H and O–H groups in total. The Morgan fingerprint density at radius 1 is 1.04 bits per heavy atom. The van der Waals surface area contributed by atoms with Gasteiger partial charge >= 0.3 is 0 Å². The highest BCUT2D eigenvalue weighted by Crippen LogP contribution is 2.48. The summed E-state index contributed by atoms with van der Waals surface area (Å²) in [6, 6.07) is 6.76. The van der Waals surface area contributed by atoms with Crippen LogP contribution in [0.3, 0.4) is 0 Å². The van der Waals surface area contributed by atoms with Crippen LogP contribution in [-0.2, 0) is 9.59 Å². The number of amides is 2. The fourth-order valence-corrected chi connectivity index (χ4v) is 2.86. The maximum atomic E-state index is 12.8. The van der Waals surface area contributed by atoms with Crippen LogP contribution < -0.4 is 5.32 Å². The number of nitrogens with zero attached hydrogens (tertiary/aromatic N) is 1. The summed E-state index contributed by atoms with van der Waals surface area (Å²) in [5.41, 5.74) is 0.313. The molecule has 1 aromatic carbocycles. The van der Waals surface area contributed by atoms with Crippen molar-refractivity contribution < 1.29 is 14.4 Å². The van der Waals surface area contributed by atoms with Crippen LogP contribution >= 0.6 is 0 Å². The van der Waals surface area contributed by atoms with E-state index in [4.69, 9.17) is 0 Å². The molecular weight excluding hydrogens is 304 g/mol. The summed E-state index contributed by atoms with van der Waals surface area (Å²) in [5, 5.41) is 2.83. The Morgan fingerprint density at radius 2 is 1.58 bits per heavy atom. The van der Waals surface area contributed by atoms with E-state index in [-0.39, 0.29) is 17.6 Å². The molecule has 1 aliphatic rings. The van der Waals surface area contributed by atoms with Crippen molar-refractivity contribution in [3.8, 4) is 0 Å². The van der Waals surface area contributed by atoms with Crippen molar-refractivity contribution in [2.75, 3.05) is 18.4 Å². The maximum absolute atomic E-state index is 12.8. The first kappa shape index (κ1) is 18.2. The van der Waals surface area contributed by atoms with Crippen LogP contribution in [-0.4, -0.2) is 35.6 Å². The van der Waals surface area contributed by atoms with E-state index < -0.39 is 5.41 Å². The Labute approximate surface area is 143 Å². The normalized spacial score (nSPS) is 14.8. The summed E-state index contributed by atoms with van der Waals surface area (Å²) >= 11 is 0. The first-order valence-electron chi connectivity index (χ1n) is 8.66. The number of Topliss-reactive ketones (excluding diaryl/α,β-unsaturated/α-hetero) is 1. The van der Waals surface area contributed by atoms with Gasteiger partial charge in [-0.2, -0.15) is 0 Å². The van der Waals surface area contributed by atoms with E-state index in [0.717, 1.165) is 12.8 Å². The van der Waals surface area contributed by atoms with Gasteiger partial charge in [0.25, 0.3) is 0 Å². The lowest BCUT2D eigenvalue weighted by atomic mass is 10.0. The van der Waals surface area contributed by atoms with Crippen LogP contribution in [0.25, 0.3) is 0 Å². The van der Waals surface area contributed by atoms with Gasteiger partial charge in [0.05, 0.1) is 0 Å². The smallest absolute Gasteiger partial charge is 0.240 e. The fourth-order valence-electron chi connectivity index (χ4n) is 2.86. The summed E-state index contributed by atoms with van der Waals surface area (Å²) in [7, 11) is 0. The van der Waals surface area contributed by atoms with E-state index in [2.05, 4.69) is 5.32 Å². The standard InChI is InChI=1S/C19H26N2O3/c1-4-12-21(13-5-2)18(24)19(10-11-19)17(23)20-16-8-6-15(7-9-16)14(3)22/h6-9H,4-5,10-13H2,1-3H3,(H,20,23). The average molecular weight is 330 g/mol. The first-order chi connectivity index (χ1) is 11.4. The zero-order valence-corrected chi connectivity index (χ0v) is 14.7. The highest BCUT2D eigenvalue weighted by Gasteiger charge is 2.57. The topological polar surface area (TPSA) is 66.5 Å². The molecule has 0 bridgehead atoms. The molecule has 2 amide bonds. The molecule has 0 unspecified atom stereocenters. The third-order valence-corrected chi connectivity index (χ3v) is 4.42. The Morgan fingerprint density at radius 3 is 2.00 bits per heavy atom. The third-order valence-electron chi connectivity index (χ3n) is 4.42. The minimum absolute atomic E-state index is 0.0171. The quantitative estimate of drug-likeness (QED) is 0.588. The molecule has 24 heavy (non-hydrogen) atoms. The number of benzene rings is 1. The molecular formula is C19H26N2O3. The van der Waals surface area contributed by atoms with Crippen LogP contribution in [0.4, 0.5) is 5.69 Å². The van der Waals surface area contributed by atoms with E-state index in [1.54, 1.807) is 24.3 Å². The second-order valence-electron chi connectivity index (χ2n) is 6.46. The summed E-state index contributed by atoms with van der Waals surface area (Å²) in [4.78, 5) is 38.6. The van der Waals surface area contributed by atoms with E-state index in [9.17, 15) is 14.4 Å². The van der Waals surface area contributed by atoms with Crippen LogP contribution in [0.5, 0.6) is 0 Å². The van der Waals surface area contributed by atoms with Crippen molar-refractivity contribution in [2.24, 2.45) is 5.41 Å². The van der Waals surface area contributed by atoms with Crippen molar-refractivity contribution in [2.45, 2.75) is 46.5 Å². The van der Waals surface area contributed by atoms with Crippen molar-refractivity contribution in [3.05, 3.63) is 29.8 Å². The molecule has 0 saturated heterocycles. The molecule has 1 aromatic rings. The number of nitrogens with one attached hydrogen (secondary N) is 1. The monoisotopic (exact) mass is 330 g/mol. The second kappa shape index (κ2) is 7.60. The summed E-state index contributed by atoms with van der Waals surface area (Å²) < 4.78 is 0. The molecule has 1 aliphatic carbocycles. The SMILES string of the molecule is CCCN(CCC)C(=O)C1(C(=O)Nc2ccc(C(C)=O)cc2)CC1. The number of rotatable bonds is 8. The van der Waals surface area contributed by atoms with Gasteiger partial charge in [-0.05, 0) is 56.9 Å². The lowest BCUT2D eigenvalue weighted by Crippen LogP contribution is -2.43. The number of carbonyl (C=O) groups is 3. The molecule has 0 aromatic heterocycles. The molecule has 130 valence electrons. The zero-order valence-electron chi connectivity index (χ0n) is 14.7. The van der Waals surface area contributed by atoms with Gasteiger partial charge in [0.1, 0.15) is 5.41 Å². The maximum Gasteiger partial charge on any atom is 0.240 e. The lowest BCUT2D eigenvalue weighted by Gasteiger charge is -2.26. The number of ketones is 1. The largest absolute Gasteiger partial charge is 0.342 e. The molecule has 5 nitrogen and oxygen atoms in total. The van der Waals surface area contributed by atoms with E-state index in [0.29, 0.717) is 37.2 Å². The molecule has 0 heterocycles. The molecule has 0 atom stereocenters.